The van der Waals surface area contributed by atoms with E-state index < -0.39 is 14.6 Å². The molecule has 1 atom stereocenters. The van der Waals surface area contributed by atoms with E-state index >= 15 is 0 Å². The van der Waals surface area contributed by atoms with Crippen molar-refractivity contribution in [2.75, 3.05) is 30.9 Å². The van der Waals surface area contributed by atoms with Crippen molar-refractivity contribution in [2.45, 2.75) is 31.6 Å². The predicted molar refractivity (Wildman–Crippen MR) is 115 cm³/mol. The second kappa shape index (κ2) is 7.11. The highest BCUT2D eigenvalue weighted by Gasteiger charge is 2.35. The first kappa shape index (κ1) is 19.8. The first-order valence-electron chi connectivity index (χ1n) is 9.68. The molecule has 1 aliphatic rings. The zero-order valence-electron chi connectivity index (χ0n) is 17.1. The summed E-state index contributed by atoms with van der Waals surface area (Å²) in [5.74, 6) is 1.25. The lowest BCUT2D eigenvalue weighted by molar-refractivity contribution is 0.0985. The number of nitrogens with zero attached hydrogens (tertiary/aromatic N) is 3. The Morgan fingerprint density at radius 1 is 1.24 bits per heavy atom. The van der Waals surface area contributed by atoms with Crippen LogP contribution in [0.5, 0.6) is 0 Å². The molecule has 0 aliphatic carbocycles. The number of aromatic amines is 1. The van der Waals surface area contributed by atoms with Crippen LogP contribution in [0.25, 0.3) is 22.3 Å². The number of aromatic nitrogens is 3. The van der Waals surface area contributed by atoms with E-state index in [1.54, 1.807) is 13.8 Å². The largest absolute Gasteiger partial charge is 0.377 e. The first-order chi connectivity index (χ1) is 13.7. The van der Waals surface area contributed by atoms with Crippen LogP contribution in [0.2, 0.25) is 0 Å². The van der Waals surface area contributed by atoms with Crippen LogP contribution in [0.4, 0.5) is 5.82 Å². The average Bonchev–Trinajstić information content (AvgIpc) is 3.16. The van der Waals surface area contributed by atoms with Gasteiger partial charge in [-0.2, -0.15) is 0 Å². The van der Waals surface area contributed by atoms with Gasteiger partial charge in [0, 0.05) is 41.5 Å². The zero-order valence-corrected chi connectivity index (χ0v) is 18.0. The topological polar surface area (TPSA) is 88.2 Å². The molecule has 0 unspecified atom stereocenters. The standard InChI is InChI=1S/C21H26N4O3S/c1-14-13-28-11-10-25(14)19-12-18(21(2,3)29(4,26)27)23-20(24-19)16-6-5-7-17-15(16)8-9-22-17/h5-9,12,14,22H,10-11,13H2,1-4H3/t14-/m0/s1. The summed E-state index contributed by atoms with van der Waals surface area (Å²) in [5.41, 5.74) is 2.35. The molecule has 1 saturated heterocycles. The van der Waals surface area contributed by atoms with Crippen LogP contribution in [0.3, 0.4) is 0 Å². The van der Waals surface area contributed by atoms with E-state index in [1.807, 2.05) is 36.5 Å². The third-order valence-corrected chi connectivity index (χ3v) is 7.82. The molecule has 8 heteroatoms. The van der Waals surface area contributed by atoms with Gasteiger partial charge in [0.05, 0.1) is 24.9 Å². The van der Waals surface area contributed by atoms with Gasteiger partial charge >= 0.3 is 0 Å². The maximum atomic E-state index is 12.5. The molecule has 2 aromatic heterocycles. The second-order valence-corrected chi connectivity index (χ2v) is 10.6. The summed E-state index contributed by atoms with van der Waals surface area (Å²) in [6.45, 7) is 7.38. The fraction of sp³-hybridized carbons (Fsp3) is 0.429. The summed E-state index contributed by atoms with van der Waals surface area (Å²) in [4.78, 5) is 14.9. The third kappa shape index (κ3) is 3.51. The molecule has 4 rings (SSSR count). The molecule has 1 aromatic carbocycles. The molecule has 0 spiro atoms. The molecule has 7 nitrogen and oxygen atoms in total. The summed E-state index contributed by atoms with van der Waals surface area (Å²) in [7, 11) is -3.39. The molecule has 29 heavy (non-hydrogen) atoms. The fourth-order valence-electron chi connectivity index (χ4n) is 3.55. The number of anilines is 1. The van der Waals surface area contributed by atoms with Crippen molar-refractivity contribution < 1.29 is 13.2 Å². The van der Waals surface area contributed by atoms with E-state index in [9.17, 15) is 8.42 Å². The highest BCUT2D eigenvalue weighted by molar-refractivity contribution is 7.91. The van der Waals surface area contributed by atoms with E-state index in [4.69, 9.17) is 14.7 Å². The van der Waals surface area contributed by atoms with Crippen LogP contribution >= 0.6 is 0 Å². The van der Waals surface area contributed by atoms with E-state index in [2.05, 4.69) is 16.8 Å². The third-order valence-electron chi connectivity index (χ3n) is 5.75. The molecule has 1 fully saturated rings. The van der Waals surface area contributed by atoms with Crippen LogP contribution in [-0.4, -0.2) is 55.4 Å². The minimum absolute atomic E-state index is 0.142. The summed E-state index contributed by atoms with van der Waals surface area (Å²) in [5, 5.41) is 1.00. The lowest BCUT2D eigenvalue weighted by Crippen LogP contribution is -2.44. The summed E-state index contributed by atoms with van der Waals surface area (Å²) in [6, 6.07) is 9.85. The summed E-state index contributed by atoms with van der Waals surface area (Å²) < 4.78 is 29.5. The molecule has 0 amide bonds. The Kier molecular flexibility index (Phi) is 4.86. The maximum Gasteiger partial charge on any atom is 0.162 e. The molecule has 0 radical (unpaired) electrons. The summed E-state index contributed by atoms with van der Waals surface area (Å²) in [6.07, 6.45) is 3.13. The zero-order chi connectivity index (χ0) is 20.8. The van der Waals surface area contributed by atoms with Crippen LogP contribution in [0.15, 0.2) is 36.5 Å². The van der Waals surface area contributed by atoms with E-state index in [0.29, 0.717) is 31.3 Å². The van der Waals surface area contributed by atoms with Gasteiger partial charge in [-0.25, -0.2) is 18.4 Å². The number of nitrogens with one attached hydrogen (secondary N) is 1. The van der Waals surface area contributed by atoms with Crippen LogP contribution in [0, 0.1) is 0 Å². The van der Waals surface area contributed by atoms with Gasteiger partial charge in [0.1, 0.15) is 10.6 Å². The van der Waals surface area contributed by atoms with Crippen LogP contribution in [0.1, 0.15) is 26.5 Å². The Morgan fingerprint density at radius 2 is 2.03 bits per heavy atom. The SMILES string of the molecule is C[C@H]1COCCN1c1cc(C(C)(C)S(C)(=O)=O)nc(-c2cccc3[nH]ccc23)n1. The van der Waals surface area contributed by atoms with Crippen molar-refractivity contribution in [2.24, 2.45) is 0 Å². The Balaban J connectivity index is 1.95. The molecular formula is C21H26N4O3S. The van der Waals surface area contributed by atoms with Crippen molar-refractivity contribution in [3.63, 3.8) is 0 Å². The van der Waals surface area contributed by atoms with Crippen LogP contribution < -0.4 is 4.90 Å². The van der Waals surface area contributed by atoms with Gasteiger partial charge in [0.2, 0.25) is 0 Å². The van der Waals surface area contributed by atoms with Gasteiger partial charge in [-0.15, -0.1) is 0 Å². The van der Waals surface area contributed by atoms with Gasteiger partial charge in [-0.05, 0) is 32.9 Å². The number of morpholine rings is 1. The quantitative estimate of drug-likeness (QED) is 0.706. The number of rotatable bonds is 4. The molecule has 0 saturated carbocycles. The van der Waals surface area contributed by atoms with Gasteiger partial charge in [0.25, 0.3) is 0 Å². The Morgan fingerprint density at radius 3 is 2.76 bits per heavy atom. The lowest BCUT2D eigenvalue weighted by atomic mass is 10.1. The number of hydrogen-bond acceptors (Lipinski definition) is 6. The minimum Gasteiger partial charge on any atom is -0.377 e. The summed E-state index contributed by atoms with van der Waals surface area (Å²) >= 11 is 0. The lowest BCUT2D eigenvalue weighted by Gasteiger charge is -2.35. The number of fused-ring (bicyclic) bond motifs is 1. The van der Waals surface area contributed by atoms with Crippen molar-refractivity contribution in [1.29, 1.82) is 0 Å². The van der Waals surface area contributed by atoms with Crippen molar-refractivity contribution in [3.8, 4) is 11.4 Å². The normalized spacial score (nSPS) is 18.3. The van der Waals surface area contributed by atoms with Crippen LogP contribution in [-0.2, 0) is 19.3 Å². The van der Waals surface area contributed by atoms with Gasteiger partial charge < -0.3 is 14.6 Å². The van der Waals surface area contributed by atoms with E-state index in [1.165, 1.54) is 6.26 Å². The molecule has 1 aliphatic heterocycles. The molecule has 3 aromatic rings. The Bertz CT molecular complexity index is 1150. The monoisotopic (exact) mass is 414 g/mol. The second-order valence-electron chi connectivity index (χ2n) is 8.08. The average molecular weight is 415 g/mol. The highest BCUT2D eigenvalue weighted by Crippen LogP contribution is 2.34. The number of hydrogen-bond donors (Lipinski definition) is 1. The number of H-pyrrole nitrogens is 1. The molecule has 0 bridgehead atoms. The number of ether oxygens (including phenoxy) is 1. The Labute approximate surface area is 171 Å². The first-order valence-corrected chi connectivity index (χ1v) is 11.6. The number of sulfone groups is 1. The molecule has 154 valence electrons. The van der Waals surface area contributed by atoms with Crippen molar-refractivity contribution >= 4 is 26.6 Å². The van der Waals surface area contributed by atoms with Gasteiger partial charge in [-0.3, -0.25) is 0 Å². The highest BCUT2D eigenvalue weighted by atomic mass is 32.2. The number of benzene rings is 1. The minimum atomic E-state index is -3.39. The van der Waals surface area contributed by atoms with Crippen molar-refractivity contribution in [3.05, 3.63) is 42.2 Å². The predicted octanol–water partition coefficient (Wildman–Crippen LogP) is 3.13. The maximum absolute atomic E-state index is 12.5. The van der Waals surface area contributed by atoms with Gasteiger partial charge in [-0.1, -0.05) is 12.1 Å². The van der Waals surface area contributed by atoms with Gasteiger partial charge in [0.15, 0.2) is 15.7 Å². The molecule has 1 N–H and O–H groups in total. The smallest absolute Gasteiger partial charge is 0.162 e. The van der Waals surface area contributed by atoms with Crippen molar-refractivity contribution in [1.82, 2.24) is 15.0 Å². The Hall–Kier alpha value is -2.45. The molecule has 3 heterocycles. The van der Waals surface area contributed by atoms with E-state index in [-0.39, 0.29) is 6.04 Å². The van der Waals surface area contributed by atoms with E-state index in [0.717, 1.165) is 22.3 Å². The fourth-order valence-corrected chi connectivity index (χ4v) is 4.03. The molecular weight excluding hydrogens is 388 g/mol.